The number of ether oxygens (including phenoxy) is 1. The smallest absolute Gasteiger partial charge is 0.430 e. The predicted molar refractivity (Wildman–Crippen MR) is 91.5 cm³/mol. The number of rotatable bonds is 3. The van der Waals surface area contributed by atoms with Crippen molar-refractivity contribution in [2.45, 2.75) is 25.6 Å². The molecule has 0 saturated heterocycles. The molecule has 2 aromatic carbocycles. The highest BCUT2D eigenvalue weighted by Crippen LogP contribution is 2.38. The fraction of sp³-hybridized carbons (Fsp3) is 0.211. The lowest BCUT2D eigenvalue weighted by Crippen LogP contribution is -2.40. The third-order valence-electron chi connectivity index (χ3n) is 4.16. The first-order valence-electron chi connectivity index (χ1n) is 7.71. The highest BCUT2D eigenvalue weighted by atomic mass is 35.5. The molecule has 26 heavy (non-hydrogen) atoms. The minimum absolute atomic E-state index is 0.0152. The van der Waals surface area contributed by atoms with E-state index in [1.165, 1.54) is 6.07 Å². The number of aryl methyl sites for hydroxylation is 1. The zero-order chi connectivity index (χ0) is 19.1. The predicted octanol–water partition coefficient (Wildman–Crippen LogP) is 5.03. The van der Waals surface area contributed by atoms with Gasteiger partial charge in [-0.2, -0.15) is 13.2 Å². The fourth-order valence-corrected chi connectivity index (χ4v) is 3.06. The van der Waals surface area contributed by atoms with Crippen molar-refractivity contribution in [2.75, 3.05) is 0 Å². The van der Waals surface area contributed by atoms with Crippen LogP contribution in [0, 0.1) is 6.92 Å². The van der Waals surface area contributed by atoms with Crippen molar-refractivity contribution in [1.29, 1.82) is 0 Å². The van der Waals surface area contributed by atoms with Gasteiger partial charge in [0.15, 0.2) is 0 Å². The Morgan fingerprint density at radius 1 is 1.23 bits per heavy atom. The van der Waals surface area contributed by atoms with Crippen LogP contribution in [-0.2, 0) is 11.2 Å². The van der Waals surface area contributed by atoms with Crippen LogP contribution in [0.1, 0.15) is 22.3 Å². The number of hydrogen-bond acceptors (Lipinski definition) is 2. The van der Waals surface area contributed by atoms with Gasteiger partial charge in [-0.1, -0.05) is 29.8 Å². The van der Waals surface area contributed by atoms with Crippen LogP contribution in [0.2, 0.25) is 5.02 Å². The number of halogens is 4. The van der Waals surface area contributed by atoms with E-state index in [9.17, 15) is 18.0 Å². The molecule has 1 aliphatic heterocycles. The van der Waals surface area contributed by atoms with E-state index in [-0.39, 0.29) is 5.75 Å². The number of carboxylic acids is 1. The average molecular weight is 383 g/mol. The van der Waals surface area contributed by atoms with E-state index in [0.29, 0.717) is 17.0 Å². The highest BCUT2D eigenvalue weighted by Gasteiger charge is 2.48. The van der Waals surface area contributed by atoms with Gasteiger partial charge in [-0.25, -0.2) is 4.79 Å². The first-order valence-corrected chi connectivity index (χ1v) is 8.09. The molecule has 1 atom stereocenters. The largest absolute Gasteiger partial charge is 0.478 e. The third-order valence-corrected chi connectivity index (χ3v) is 4.39. The second kappa shape index (κ2) is 6.68. The Morgan fingerprint density at radius 3 is 2.58 bits per heavy atom. The van der Waals surface area contributed by atoms with Crippen molar-refractivity contribution < 1.29 is 27.8 Å². The number of carbonyl (C=O) groups is 1. The molecule has 1 aliphatic rings. The van der Waals surface area contributed by atoms with Gasteiger partial charge in [0.1, 0.15) is 5.75 Å². The molecule has 2 aromatic rings. The standard InChI is InChI=1S/C19H14ClF3O3/c1-10-6-14(20)5-4-12(10)7-11-2-3-13-9-15(18(24)25)17(19(21,22)23)26-16(13)8-11/h2-6,8-9,17H,7H2,1H3,(H,24,25). The van der Waals surface area contributed by atoms with Crippen molar-refractivity contribution in [3.05, 3.63) is 69.2 Å². The van der Waals surface area contributed by atoms with E-state index in [4.69, 9.17) is 21.4 Å². The Kier molecular flexibility index (Phi) is 4.71. The van der Waals surface area contributed by atoms with E-state index in [2.05, 4.69) is 0 Å². The summed E-state index contributed by atoms with van der Waals surface area (Å²) in [6, 6.07) is 10.2. The Labute approximate surface area is 152 Å². The number of alkyl halides is 3. The minimum Gasteiger partial charge on any atom is -0.478 e. The van der Waals surface area contributed by atoms with E-state index >= 15 is 0 Å². The second-order valence-corrected chi connectivity index (χ2v) is 6.50. The topological polar surface area (TPSA) is 46.5 Å². The van der Waals surface area contributed by atoms with E-state index in [1.807, 2.05) is 19.1 Å². The highest BCUT2D eigenvalue weighted by molar-refractivity contribution is 6.30. The van der Waals surface area contributed by atoms with Gasteiger partial charge < -0.3 is 9.84 Å². The summed E-state index contributed by atoms with van der Waals surface area (Å²) < 4.78 is 44.4. The minimum atomic E-state index is -4.81. The summed E-state index contributed by atoms with van der Waals surface area (Å²) in [7, 11) is 0. The van der Waals surface area contributed by atoms with Crippen LogP contribution in [-0.4, -0.2) is 23.4 Å². The average Bonchev–Trinajstić information content (AvgIpc) is 2.55. The van der Waals surface area contributed by atoms with Crippen LogP contribution in [0.15, 0.2) is 42.0 Å². The maximum Gasteiger partial charge on any atom is 0.430 e. The maximum atomic E-state index is 13.1. The van der Waals surface area contributed by atoms with Gasteiger partial charge in [-0.05, 0) is 54.3 Å². The monoisotopic (exact) mass is 382 g/mol. The molecular weight excluding hydrogens is 369 g/mol. The quantitative estimate of drug-likeness (QED) is 0.809. The van der Waals surface area contributed by atoms with E-state index in [1.54, 1.807) is 18.2 Å². The van der Waals surface area contributed by atoms with Crippen LogP contribution in [0.25, 0.3) is 6.08 Å². The van der Waals surface area contributed by atoms with Crippen molar-refractivity contribution in [1.82, 2.24) is 0 Å². The SMILES string of the molecule is Cc1cc(Cl)ccc1Cc1ccc2c(c1)OC(C(F)(F)F)C(C(=O)O)=C2. The lowest BCUT2D eigenvalue weighted by Gasteiger charge is -2.27. The van der Waals surface area contributed by atoms with Crippen molar-refractivity contribution in [3.8, 4) is 5.75 Å². The molecule has 0 aliphatic carbocycles. The Bertz CT molecular complexity index is 903. The second-order valence-electron chi connectivity index (χ2n) is 6.06. The third kappa shape index (κ3) is 3.70. The molecule has 1 heterocycles. The van der Waals surface area contributed by atoms with Crippen molar-refractivity contribution >= 4 is 23.6 Å². The summed E-state index contributed by atoms with van der Waals surface area (Å²) in [5.74, 6) is -1.64. The Hall–Kier alpha value is -2.47. The van der Waals surface area contributed by atoms with Crippen LogP contribution in [0.4, 0.5) is 13.2 Å². The molecule has 3 rings (SSSR count). The number of aliphatic carboxylic acids is 1. The van der Waals surface area contributed by atoms with Crippen LogP contribution >= 0.6 is 11.6 Å². The van der Waals surface area contributed by atoms with E-state index < -0.39 is 23.8 Å². The van der Waals surface area contributed by atoms with Crippen LogP contribution < -0.4 is 4.74 Å². The first kappa shape index (κ1) is 18.3. The van der Waals surface area contributed by atoms with Gasteiger partial charge in [0.05, 0.1) is 5.57 Å². The lowest BCUT2D eigenvalue weighted by atomic mass is 9.96. The number of hydrogen-bond donors (Lipinski definition) is 1. The van der Waals surface area contributed by atoms with Gasteiger partial charge >= 0.3 is 12.1 Å². The van der Waals surface area contributed by atoms with Gasteiger partial charge in [-0.3, -0.25) is 0 Å². The summed E-state index contributed by atoms with van der Waals surface area (Å²) in [6.07, 6.45) is -5.80. The summed E-state index contributed by atoms with van der Waals surface area (Å²) in [5.41, 5.74) is 2.18. The molecule has 3 nitrogen and oxygen atoms in total. The van der Waals surface area contributed by atoms with E-state index in [0.717, 1.165) is 22.8 Å². The van der Waals surface area contributed by atoms with Crippen LogP contribution in [0.3, 0.4) is 0 Å². The molecule has 0 bridgehead atoms. The summed E-state index contributed by atoms with van der Waals surface area (Å²) in [5, 5.41) is 9.65. The Morgan fingerprint density at radius 2 is 1.96 bits per heavy atom. The molecule has 0 spiro atoms. The molecular formula is C19H14ClF3O3. The molecule has 0 radical (unpaired) electrons. The molecule has 1 unspecified atom stereocenters. The molecule has 0 saturated carbocycles. The number of fused-ring (bicyclic) bond motifs is 1. The van der Waals surface area contributed by atoms with Gasteiger partial charge in [-0.15, -0.1) is 0 Å². The van der Waals surface area contributed by atoms with Gasteiger partial charge in [0.2, 0.25) is 6.10 Å². The summed E-state index contributed by atoms with van der Waals surface area (Å²) in [4.78, 5) is 11.1. The fourth-order valence-electron chi connectivity index (χ4n) is 2.84. The van der Waals surface area contributed by atoms with Gasteiger partial charge in [0.25, 0.3) is 0 Å². The van der Waals surface area contributed by atoms with Crippen molar-refractivity contribution in [3.63, 3.8) is 0 Å². The zero-order valence-electron chi connectivity index (χ0n) is 13.6. The molecule has 0 aromatic heterocycles. The lowest BCUT2D eigenvalue weighted by molar-refractivity contribution is -0.187. The molecule has 0 amide bonds. The molecule has 7 heteroatoms. The number of benzene rings is 2. The normalized spacial score (nSPS) is 16.5. The van der Waals surface area contributed by atoms with Gasteiger partial charge in [0, 0.05) is 10.6 Å². The zero-order valence-corrected chi connectivity index (χ0v) is 14.4. The van der Waals surface area contributed by atoms with Crippen LogP contribution in [0.5, 0.6) is 5.75 Å². The molecule has 1 N–H and O–H groups in total. The number of carboxylic acid groups (broad SMARTS) is 1. The molecule has 0 fully saturated rings. The van der Waals surface area contributed by atoms with Crippen molar-refractivity contribution in [2.24, 2.45) is 0 Å². The Balaban J connectivity index is 1.95. The summed E-state index contributed by atoms with van der Waals surface area (Å²) >= 11 is 5.93. The summed E-state index contributed by atoms with van der Waals surface area (Å²) in [6.45, 7) is 1.90. The maximum absolute atomic E-state index is 13.1. The molecule has 136 valence electrons. The first-order chi connectivity index (χ1) is 12.1.